The van der Waals surface area contributed by atoms with E-state index in [0.717, 1.165) is 40.8 Å². The molecule has 1 aromatic heterocycles. The molecule has 0 radical (unpaired) electrons. The molecule has 0 spiro atoms. The number of sulfonamides is 1. The maximum absolute atomic E-state index is 13.8. The van der Waals surface area contributed by atoms with Gasteiger partial charge in [-0.3, -0.25) is 9.69 Å². The van der Waals surface area contributed by atoms with E-state index in [4.69, 9.17) is 21.3 Å². The molecule has 5 rings (SSSR count). The quantitative estimate of drug-likeness (QED) is 0.430. The van der Waals surface area contributed by atoms with Crippen LogP contribution in [0.1, 0.15) is 31.2 Å². The number of piperidine rings is 1. The van der Waals surface area contributed by atoms with Gasteiger partial charge in [-0.25, -0.2) is 17.8 Å². The Morgan fingerprint density at radius 2 is 1.92 bits per heavy atom. The van der Waals surface area contributed by atoms with Gasteiger partial charge in [0.1, 0.15) is 5.82 Å². The predicted molar refractivity (Wildman–Crippen MR) is 139 cm³/mol. The zero-order valence-corrected chi connectivity index (χ0v) is 22.2. The molecule has 0 bridgehead atoms. The number of nitrogens with zero attached hydrogens (tertiary/aromatic N) is 3. The Hall–Kier alpha value is -2.11. The van der Waals surface area contributed by atoms with Crippen molar-refractivity contribution < 1.29 is 22.3 Å². The highest BCUT2D eigenvalue weighted by molar-refractivity contribution is 7.89. The lowest BCUT2D eigenvalue weighted by Crippen LogP contribution is -2.46. The highest BCUT2D eigenvalue weighted by atomic mass is 35.5. The second-order valence-electron chi connectivity index (χ2n) is 9.25. The van der Waals surface area contributed by atoms with Gasteiger partial charge < -0.3 is 4.74 Å². The lowest BCUT2D eigenvalue weighted by atomic mass is 9.96. The van der Waals surface area contributed by atoms with Crippen LogP contribution in [0.3, 0.4) is 0 Å². The Balaban J connectivity index is 1.36. The zero-order valence-electron chi connectivity index (χ0n) is 19.8. The van der Waals surface area contributed by atoms with Gasteiger partial charge in [-0.15, -0.1) is 0 Å². The van der Waals surface area contributed by atoms with Gasteiger partial charge in [-0.1, -0.05) is 29.0 Å². The standard InChI is InChI=1S/C25H27ClFN3O4S2/c1-16-4-9-21(26)23-22(16)28-25(35-23)30(15-19-3-2-14-34-19)24(31)17-10-12-29(13-11-17)36(32,33)20-7-5-18(27)6-8-20/h4-9,17,19H,2-3,10-15H2,1H3. The van der Waals surface area contributed by atoms with Gasteiger partial charge >= 0.3 is 0 Å². The molecule has 2 saturated heterocycles. The highest BCUT2D eigenvalue weighted by Crippen LogP contribution is 2.37. The number of aryl methyl sites for hydroxylation is 1. The van der Waals surface area contributed by atoms with Crippen molar-refractivity contribution in [3.63, 3.8) is 0 Å². The van der Waals surface area contributed by atoms with Crippen LogP contribution in [0.15, 0.2) is 41.3 Å². The van der Waals surface area contributed by atoms with Crippen LogP contribution in [-0.2, 0) is 19.6 Å². The number of halogens is 2. The summed E-state index contributed by atoms with van der Waals surface area (Å²) >= 11 is 7.82. The van der Waals surface area contributed by atoms with Crippen LogP contribution >= 0.6 is 22.9 Å². The van der Waals surface area contributed by atoms with Gasteiger partial charge in [0.2, 0.25) is 15.9 Å². The number of aromatic nitrogens is 1. The van der Waals surface area contributed by atoms with E-state index in [1.807, 2.05) is 19.1 Å². The Morgan fingerprint density at radius 3 is 2.56 bits per heavy atom. The fourth-order valence-electron chi connectivity index (χ4n) is 4.78. The third kappa shape index (κ3) is 5.02. The van der Waals surface area contributed by atoms with Crippen LogP contribution in [0.25, 0.3) is 10.2 Å². The normalized spacial score (nSPS) is 19.7. The number of hydrogen-bond donors (Lipinski definition) is 0. The molecule has 1 atom stereocenters. The summed E-state index contributed by atoms with van der Waals surface area (Å²) in [4.78, 5) is 20.3. The molecule has 2 fully saturated rings. The van der Waals surface area contributed by atoms with Crippen molar-refractivity contribution in [1.29, 1.82) is 0 Å². The maximum Gasteiger partial charge on any atom is 0.243 e. The van der Waals surface area contributed by atoms with Gasteiger partial charge in [-0.2, -0.15) is 4.31 Å². The van der Waals surface area contributed by atoms with Crippen molar-refractivity contribution in [2.45, 2.75) is 43.6 Å². The summed E-state index contributed by atoms with van der Waals surface area (Å²) < 4.78 is 47.3. The van der Waals surface area contributed by atoms with Crippen LogP contribution in [0.4, 0.5) is 9.52 Å². The molecule has 2 aliphatic heterocycles. The number of hydrogen-bond acceptors (Lipinski definition) is 6. The molecule has 0 N–H and O–H groups in total. The summed E-state index contributed by atoms with van der Waals surface area (Å²) in [6, 6.07) is 8.57. The molecule has 2 aromatic carbocycles. The van der Waals surface area contributed by atoms with E-state index in [1.165, 1.54) is 27.8 Å². The summed E-state index contributed by atoms with van der Waals surface area (Å²) in [7, 11) is -3.75. The third-order valence-corrected chi connectivity index (χ3v) is 10.3. The van der Waals surface area contributed by atoms with Crippen LogP contribution in [0.5, 0.6) is 0 Å². The van der Waals surface area contributed by atoms with Crippen molar-refractivity contribution in [2.75, 3.05) is 31.1 Å². The SMILES string of the molecule is Cc1ccc(Cl)c2sc(N(CC3CCCO3)C(=O)C3CCN(S(=O)(=O)c4ccc(F)cc4)CC3)nc12. The minimum Gasteiger partial charge on any atom is -0.376 e. The third-order valence-electron chi connectivity index (χ3n) is 6.85. The fourth-order valence-corrected chi connectivity index (χ4v) is 7.58. The van der Waals surface area contributed by atoms with E-state index in [-0.39, 0.29) is 35.9 Å². The first kappa shape index (κ1) is 25.5. The summed E-state index contributed by atoms with van der Waals surface area (Å²) in [5.74, 6) is -0.900. The van der Waals surface area contributed by atoms with Crippen molar-refractivity contribution in [3.05, 3.63) is 52.8 Å². The minimum atomic E-state index is -3.75. The lowest BCUT2D eigenvalue weighted by Gasteiger charge is -2.33. The minimum absolute atomic E-state index is 0.0513. The monoisotopic (exact) mass is 551 g/mol. The summed E-state index contributed by atoms with van der Waals surface area (Å²) in [5, 5.41) is 1.19. The topological polar surface area (TPSA) is 79.8 Å². The first-order chi connectivity index (χ1) is 17.2. The van der Waals surface area contributed by atoms with E-state index in [0.29, 0.717) is 36.1 Å². The molecule has 192 valence electrons. The average molecular weight is 552 g/mol. The maximum atomic E-state index is 13.8. The number of anilines is 1. The summed E-state index contributed by atoms with van der Waals surface area (Å²) in [5.41, 5.74) is 1.77. The number of benzene rings is 2. The number of carbonyl (C=O) groups is 1. The van der Waals surface area contributed by atoms with Gasteiger partial charge in [0.15, 0.2) is 5.13 Å². The average Bonchev–Trinajstić information content (AvgIpc) is 3.56. The second kappa shape index (κ2) is 10.3. The number of amides is 1. The van der Waals surface area contributed by atoms with Crippen molar-refractivity contribution >= 4 is 54.2 Å². The van der Waals surface area contributed by atoms with Crippen LogP contribution in [0, 0.1) is 18.7 Å². The van der Waals surface area contributed by atoms with Crippen LogP contribution < -0.4 is 4.90 Å². The molecule has 1 unspecified atom stereocenters. The lowest BCUT2D eigenvalue weighted by molar-refractivity contribution is -0.123. The number of ether oxygens (including phenoxy) is 1. The van der Waals surface area contributed by atoms with Gasteiger partial charge in [0, 0.05) is 25.6 Å². The van der Waals surface area contributed by atoms with Gasteiger partial charge in [-0.05, 0) is 68.5 Å². The summed E-state index contributed by atoms with van der Waals surface area (Å²) in [6.45, 7) is 3.48. The van der Waals surface area contributed by atoms with Crippen molar-refractivity contribution in [3.8, 4) is 0 Å². The van der Waals surface area contributed by atoms with Crippen LogP contribution in [0.2, 0.25) is 5.02 Å². The molecule has 1 amide bonds. The predicted octanol–water partition coefficient (Wildman–Crippen LogP) is 5.01. The van der Waals surface area contributed by atoms with E-state index in [1.54, 1.807) is 4.90 Å². The number of rotatable bonds is 6. The van der Waals surface area contributed by atoms with E-state index in [9.17, 15) is 17.6 Å². The molecule has 2 aliphatic rings. The largest absolute Gasteiger partial charge is 0.376 e. The Labute approximate surface area is 218 Å². The van der Waals surface area contributed by atoms with Crippen molar-refractivity contribution in [2.24, 2.45) is 5.92 Å². The Bertz CT molecular complexity index is 1330. The van der Waals surface area contributed by atoms with E-state index < -0.39 is 15.8 Å². The zero-order chi connectivity index (χ0) is 25.4. The van der Waals surface area contributed by atoms with E-state index in [2.05, 4.69) is 0 Å². The van der Waals surface area contributed by atoms with Gasteiger partial charge in [0.25, 0.3) is 0 Å². The number of thiazole rings is 1. The molecule has 3 heterocycles. The molecule has 0 aliphatic carbocycles. The Morgan fingerprint density at radius 1 is 1.19 bits per heavy atom. The summed E-state index contributed by atoms with van der Waals surface area (Å²) in [6.07, 6.45) is 2.56. The highest BCUT2D eigenvalue weighted by Gasteiger charge is 2.36. The van der Waals surface area contributed by atoms with E-state index >= 15 is 0 Å². The first-order valence-electron chi connectivity index (χ1n) is 12.0. The van der Waals surface area contributed by atoms with Crippen molar-refractivity contribution in [1.82, 2.24) is 9.29 Å². The number of fused-ring (bicyclic) bond motifs is 1. The number of carbonyl (C=O) groups excluding carboxylic acids is 1. The molecule has 36 heavy (non-hydrogen) atoms. The second-order valence-corrected chi connectivity index (χ2v) is 12.6. The first-order valence-corrected chi connectivity index (χ1v) is 14.6. The Kier molecular flexibility index (Phi) is 7.33. The fraction of sp³-hybridized carbons (Fsp3) is 0.440. The smallest absolute Gasteiger partial charge is 0.243 e. The molecule has 0 saturated carbocycles. The molecule has 3 aromatic rings. The molecular formula is C25H27ClFN3O4S2. The molecule has 11 heteroatoms. The van der Waals surface area contributed by atoms with Crippen LogP contribution in [-0.4, -0.2) is 56.0 Å². The van der Waals surface area contributed by atoms with Gasteiger partial charge in [0.05, 0.1) is 32.8 Å². The molecular weight excluding hydrogens is 525 g/mol. The molecule has 7 nitrogen and oxygen atoms in total.